The summed E-state index contributed by atoms with van der Waals surface area (Å²) in [6, 6.07) is 0. The van der Waals surface area contributed by atoms with Crippen LogP contribution in [0, 0.1) is 0 Å². The standard InChI is InChI=1S/C7H16O2/c1-6(8)4-5-7(2,3)9/h6,8-9H,4-5H2,1-3H3/t6-/m1/s1. The smallest absolute Gasteiger partial charge is 0.0592 e. The summed E-state index contributed by atoms with van der Waals surface area (Å²) in [4.78, 5) is 0. The van der Waals surface area contributed by atoms with Crippen LogP contribution in [0.25, 0.3) is 0 Å². The van der Waals surface area contributed by atoms with Gasteiger partial charge in [-0.15, -0.1) is 0 Å². The van der Waals surface area contributed by atoms with Crippen molar-refractivity contribution in [3.8, 4) is 0 Å². The van der Waals surface area contributed by atoms with Gasteiger partial charge in [-0.05, 0) is 33.6 Å². The fourth-order valence-electron chi connectivity index (χ4n) is 0.562. The molecule has 0 aliphatic heterocycles. The Morgan fingerprint density at radius 1 is 1.44 bits per heavy atom. The Morgan fingerprint density at radius 3 is 2.00 bits per heavy atom. The minimum Gasteiger partial charge on any atom is -0.393 e. The lowest BCUT2D eigenvalue weighted by molar-refractivity contribution is 0.0519. The molecule has 0 heterocycles. The van der Waals surface area contributed by atoms with Crippen molar-refractivity contribution in [3.05, 3.63) is 0 Å². The highest BCUT2D eigenvalue weighted by atomic mass is 16.3. The van der Waals surface area contributed by atoms with Gasteiger partial charge in [0.05, 0.1) is 11.7 Å². The molecule has 0 bridgehead atoms. The number of hydrogen-bond acceptors (Lipinski definition) is 2. The molecule has 0 radical (unpaired) electrons. The molecule has 0 aliphatic carbocycles. The third kappa shape index (κ3) is 7.92. The Labute approximate surface area is 56.5 Å². The maximum Gasteiger partial charge on any atom is 0.0592 e. The third-order valence-corrected chi connectivity index (χ3v) is 1.17. The minimum absolute atomic E-state index is 0.295. The first kappa shape index (κ1) is 8.92. The summed E-state index contributed by atoms with van der Waals surface area (Å²) in [7, 11) is 0. The highest BCUT2D eigenvalue weighted by Crippen LogP contribution is 2.11. The van der Waals surface area contributed by atoms with E-state index in [1.165, 1.54) is 0 Å². The van der Waals surface area contributed by atoms with Crippen LogP contribution in [-0.2, 0) is 0 Å². The van der Waals surface area contributed by atoms with Crippen LogP contribution in [0.1, 0.15) is 33.6 Å². The van der Waals surface area contributed by atoms with E-state index < -0.39 is 5.60 Å². The predicted octanol–water partition coefficient (Wildman–Crippen LogP) is 0.918. The van der Waals surface area contributed by atoms with Crippen molar-refractivity contribution in [1.82, 2.24) is 0 Å². The number of aliphatic hydroxyl groups is 2. The summed E-state index contributed by atoms with van der Waals surface area (Å²) in [6.07, 6.45) is 1.03. The van der Waals surface area contributed by atoms with Crippen LogP contribution in [0.4, 0.5) is 0 Å². The van der Waals surface area contributed by atoms with Gasteiger partial charge in [-0.25, -0.2) is 0 Å². The Balaban J connectivity index is 3.28. The van der Waals surface area contributed by atoms with Crippen LogP contribution in [0.2, 0.25) is 0 Å². The normalized spacial score (nSPS) is 15.7. The monoisotopic (exact) mass is 132 g/mol. The van der Waals surface area contributed by atoms with Gasteiger partial charge in [0.2, 0.25) is 0 Å². The fourth-order valence-corrected chi connectivity index (χ4v) is 0.562. The van der Waals surface area contributed by atoms with Crippen LogP contribution in [0.3, 0.4) is 0 Å². The van der Waals surface area contributed by atoms with Crippen molar-refractivity contribution in [2.24, 2.45) is 0 Å². The van der Waals surface area contributed by atoms with Crippen molar-refractivity contribution in [2.45, 2.75) is 45.3 Å². The number of rotatable bonds is 3. The van der Waals surface area contributed by atoms with E-state index in [2.05, 4.69) is 0 Å². The van der Waals surface area contributed by atoms with Crippen molar-refractivity contribution >= 4 is 0 Å². The van der Waals surface area contributed by atoms with E-state index >= 15 is 0 Å². The molecular weight excluding hydrogens is 116 g/mol. The van der Waals surface area contributed by atoms with Gasteiger partial charge >= 0.3 is 0 Å². The first-order chi connectivity index (χ1) is 3.92. The largest absolute Gasteiger partial charge is 0.393 e. The van der Waals surface area contributed by atoms with Gasteiger partial charge in [0, 0.05) is 0 Å². The maximum absolute atomic E-state index is 9.16. The number of aliphatic hydroxyl groups excluding tert-OH is 1. The van der Waals surface area contributed by atoms with Crippen molar-refractivity contribution in [1.29, 1.82) is 0 Å². The average Bonchev–Trinajstić information content (AvgIpc) is 1.59. The highest BCUT2D eigenvalue weighted by molar-refractivity contribution is 4.65. The van der Waals surface area contributed by atoms with Crippen LogP contribution in [0.5, 0.6) is 0 Å². The minimum atomic E-state index is -0.628. The van der Waals surface area contributed by atoms with E-state index in [1.54, 1.807) is 20.8 Å². The molecule has 0 fully saturated rings. The molecule has 0 spiro atoms. The van der Waals surface area contributed by atoms with E-state index in [-0.39, 0.29) is 6.10 Å². The Morgan fingerprint density at radius 2 is 1.89 bits per heavy atom. The molecule has 2 heteroatoms. The summed E-state index contributed by atoms with van der Waals surface area (Å²) >= 11 is 0. The predicted molar refractivity (Wildman–Crippen MR) is 37.2 cm³/mol. The van der Waals surface area contributed by atoms with Crippen molar-refractivity contribution in [3.63, 3.8) is 0 Å². The lowest BCUT2D eigenvalue weighted by Gasteiger charge is -2.17. The second kappa shape index (κ2) is 3.18. The fraction of sp³-hybridized carbons (Fsp3) is 1.00. The first-order valence-electron chi connectivity index (χ1n) is 3.32. The number of hydrogen-bond donors (Lipinski definition) is 2. The van der Waals surface area contributed by atoms with E-state index in [0.717, 1.165) is 0 Å². The molecule has 1 atom stereocenters. The molecule has 0 aromatic carbocycles. The second-order valence-corrected chi connectivity index (χ2v) is 3.20. The molecule has 0 unspecified atom stereocenters. The zero-order valence-corrected chi connectivity index (χ0v) is 6.39. The van der Waals surface area contributed by atoms with Crippen LogP contribution in [-0.4, -0.2) is 21.9 Å². The van der Waals surface area contributed by atoms with Crippen molar-refractivity contribution in [2.75, 3.05) is 0 Å². The van der Waals surface area contributed by atoms with Crippen LogP contribution in [0.15, 0.2) is 0 Å². The average molecular weight is 132 g/mol. The van der Waals surface area contributed by atoms with Gasteiger partial charge < -0.3 is 10.2 Å². The molecule has 0 saturated carbocycles. The molecule has 2 nitrogen and oxygen atoms in total. The molecular formula is C7H16O2. The molecule has 0 aromatic heterocycles. The zero-order chi connectivity index (χ0) is 7.49. The maximum atomic E-state index is 9.16. The van der Waals surface area contributed by atoms with E-state index in [9.17, 15) is 0 Å². The van der Waals surface area contributed by atoms with Gasteiger partial charge in [-0.3, -0.25) is 0 Å². The molecule has 0 amide bonds. The highest BCUT2D eigenvalue weighted by Gasteiger charge is 2.12. The van der Waals surface area contributed by atoms with Crippen molar-refractivity contribution < 1.29 is 10.2 Å². The first-order valence-corrected chi connectivity index (χ1v) is 3.32. The molecule has 0 saturated heterocycles. The summed E-state index contributed by atoms with van der Waals surface area (Å²) in [5, 5.41) is 18.0. The van der Waals surface area contributed by atoms with Gasteiger partial charge in [-0.1, -0.05) is 0 Å². The molecule has 0 aliphatic rings. The van der Waals surface area contributed by atoms with Gasteiger partial charge in [0.25, 0.3) is 0 Å². The summed E-state index contributed by atoms with van der Waals surface area (Å²) in [5.74, 6) is 0. The summed E-state index contributed by atoms with van der Waals surface area (Å²) in [6.45, 7) is 5.22. The van der Waals surface area contributed by atoms with Gasteiger partial charge in [0.1, 0.15) is 0 Å². The zero-order valence-electron chi connectivity index (χ0n) is 6.39. The quantitative estimate of drug-likeness (QED) is 0.599. The van der Waals surface area contributed by atoms with E-state index in [0.29, 0.717) is 12.8 Å². The topological polar surface area (TPSA) is 40.5 Å². The molecule has 56 valence electrons. The SMILES string of the molecule is C[C@@H](O)CCC(C)(C)O. The summed E-state index contributed by atoms with van der Waals surface area (Å²) < 4.78 is 0. The Kier molecular flexibility index (Phi) is 3.15. The lowest BCUT2D eigenvalue weighted by Crippen LogP contribution is -2.20. The third-order valence-electron chi connectivity index (χ3n) is 1.17. The summed E-state index contributed by atoms with van der Waals surface area (Å²) in [5.41, 5.74) is -0.628. The molecule has 2 N–H and O–H groups in total. The van der Waals surface area contributed by atoms with Gasteiger partial charge in [-0.2, -0.15) is 0 Å². The van der Waals surface area contributed by atoms with Gasteiger partial charge in [0.15, 0.2) is 0 Å². The van der Waals surface area contributed by atoms with E-state index in [4.69, 9.17) is 10.2 Å². The molecule has 9 heavy (non-hydrogen) atoms. The molecule has 0 rings (SSSR count). The second-order valence-electron chi connectivity index (χ2n) is 3.20. The Hall–Kier alpha value is -0.0800. The molecule has 0 aromatic rings. The van der Waals surface area contributed by atoms with Crippen LogP contribution >= 0.6 is 0 Å². The van der Waals surface area contributed by atoms with E-state index in [1.807, 2.05) is 0 Å². The Bertz CT molecular complexity index is 71.5. The van der Waals surface area contributed by atoms with Crippen LogP contribution < -0.4 is 0 Å². The lowest BCUT2D eigenvalue weighted by atomic mass is 10.0.